The van der Waals surface area contributed by atoms with Crippen LogP contribution in [0.25, 0.3) is 0 Å². The van der Waals surface area contributed by atoms with Crippen LogP contribution in [0.5, 0.6) is 0 Å². The third kappa shape index (κ3) is 18.9. The molecular formula is C18H36NaO4P. The predicted octanol–water partition coefficient (Wildman–Crippen LogP) is 5.08. The molecule has 2 N–H and O–H groups in total. The first-order valence-electron chi connectivity index (χ1n) is 9.22. The Labute approximate surface area is 170 Å². The van der Waals surface area contributed by atoms with E-state index < -0.39 is 13.1 Å². The second-order valence-electron chi connectivity index (χ2n) is 6.27. The van der Waals surface area contributed by atoms with Gasteiger partial charge in [-0.05, 0) is 32.1 Å². The topological polar surface area (TPSA) is 74.6 Å². The van der Waals surface area contributed by atoms with Crippen molar-refractivity contribution in [2.45, 2.75) is 96.8 Å². The zero-order valence-electron chi connectivity index (χ0n) is 14.7. The molecular weight excluding hydrogens is 334 g/mol. The molecule has 0 saturated carbocycles. The molecule has 0 saturated heterocycles. The van der Waals surface area contributed by atoms with E-state index >= 15 is 0 Å². The summed E-state index contributed by atoms with van der Waals surface area (Å²) in [6.45, 7) is 2.24. The van der Waals surface area contributed by atoms with E-state index in [1.165, 1.54) is 44.9 Å². The first-order chi connectivity index (χ1) is 11.0. The molecule has 24 heavy (non-hydrogen) atoms. The van der Waals surface area contributed by atoms with E-state index in [1.807, 2.05) is 0 Å². The molecule has 0 amide bonds. The summed E-state index contributed by atoms with van der Waals surface area (Å²) in [5.41, 5.74) is -0.921. The SMILES string of the molecule is CCCCCCCCC=CCCCCCCCC(=O)P(=O)(O)O.[NaH]. The number of rotatable bonds is 16. The van der Waals surface area contributed by atoms with E-state index in [-0.39, 0.29) is 36.0 Å². The Morgan fingerprint density at radius 2 is 1.21 bits per heavy atom. The average Bonchev–Trinajstić information content (AvgIpc) is 2.50. The Bertz CT molecular complexity index is 366. The monoisotopic (exact) mass is 370 g/mol. The van der Waals surface area contributed by atoms with Crippen molar-refractivity contribution in [1.29, 1.82) is 0 Å². The van der Waals surface area contributed by atoms with Gasteiger partial charge in [-0.25, -0.2) is 0 Å². The van der Waals surface area contributed by atoms with Gasteiger partial charge in [0.05, 0.1) is 0 Å². The van der Waals surface area contributed by atoms with Gasteiger partial charge in [0.15, 0.2) is 0 Å². The van der Waals surface area contributed by atoms with Crippen LogP contribution in [-0.2, 0) is 9.36 Å². The molecule has 0 unspecified atom stereocenters. The van der Waals surface area contributed by atoms with E-state index in [0.717, 1.165) is 32.1 Å². The molecule has 138 valence electrons. The molecule has 4 nitrogen and oxygen atoms in total. The standard InChI is InChI=1S/C18H35O4P.Na.H/c1-2-3-4-5-6-7-8-9-10-11-12-13-14-15-16-17-18(19)23(20,21)22;;/h9-10H,2-8,11-17H2,1H3,(H2,20,21,22);;. The van der Waals surface area contributed by atoms with Crippen LogP contribution in [-0.4, -0.2) is 44.9 Å². The third-order valence-corrected chi connectivity index (χ3v) is 4.85. The normalized spacial score (nSPS) is 11.6. The van der Waals surface area contributed by atoms with Gasteiger partial charge in [-0.3, -0.25) is 9.36 Å². The fraction of sp³-hybridized carbons (Fsp3) is 0.833. The molecule has 0 spiro atoms. The zero-order valence-corrected chi connectivity index (χ0v) is 15.6. The maximum atomic E-state index is 11.0. The Balaban J connectivity index is 0. The molecule has 0 aromatic rings. The molecule has 0 heterocycles. The van der Waals surface area contributed by atoms with E-state index in [1.54, 1.807) is 0 Å². The number of hydrogen-bond donors (Lipinski definition) is 2. The van der Waals surface area contributed by atoms with E-state index in [2.05, 4.69) is 19.1 Å². The number of carbonyl (C=O) groups excluding carboxylic acids is 1. The Hall–Kier alpha value is 0.560. The summed E-state index contributed by atoms with van der Waals surface area (Å²) in [7, 11) is -4.49. The van der Waals surface area contributed by atoms with Crippen LogP contribution in [0, 0.1) is 0 Å². The molecule has 0 aromatic carbocycles. The second kappa shape index (κ2) is 18.4. The van der Waals surface area contributed by atoms with E-state index in [9.17, 15) is 9.36 Å². The summed E-state index contributed by atoms with van der Waals surface area (Å²) in [4.78, 5) is 28.3. The first kappa shape index (κ1) is 26.8. The fourth-order valence-electron chi connectivity index (χ4n) is 2.49. The van der Waals surface area contributed by atoms with Crippen LogP contribution in [0.2, 0.25) is 0 Å². The molecule has 6 heteroatoms. The van der Waals surface area contributed by atoms with Crippen LogP contribution in [0.4, 0.5) is 0 Å². The van der Waals surface area contributed by atoms with Crippen LogP contribution in [0.3, 0.4) is 0 Å². The molecule has 0 fully saturated rings. The van der Waals surface area contributed by atoms with Crippen molar-refractivity contribution >= 4 is 42.7 Å². The minimum absolute atomic E-state index is 0. The number of unbranched alkanes of at least 4 members (excludes halogenated alkanes) is 11. The van der Waals surface area contributed by atoms with E-state index in [0.29, 0.717) is 6.42 Å². The molecule has 0 atom stereocenters. The summed E-state index contributed by atoms with van der Waals surface area (Å²) in [5.74, 6) is 0. The van der Waals surface area contributed by atoms with E-state index in [4.69, 9.17) is 9.79 Å². The van der Waals surface area contributed by atoms with Gasteiger partial charge in [0.25, 0.3) is 0 Å². The zero-order chi connectivity index (χ0) is 17.4. The number of allylic oxidation sites excluding steroid dienone is 2. The molecule has 0 aliphatic heterocycles. The summed E-state index contributed by atoms with van der Waals surface area (Å²) in [6, 6.07) is 0. The second-order valence-corrected chi connectivity index (χ2v) is 7.86. The molecule has 0 bridgehead atoms. The van der Waals surface area contributed by atoms with Crippen LogP contribution >= 0.6 is 7.60 Å². The first-order valence-corrected chi connectivity index (χ1v) is 10.8. The average molecular weight is 370 g/mol. The molecule has 0 aromatic heterocycles. The van der Waals surface area contributed by atoms with Crippen LogP contribution in [0.15, 0.2) is 12.2 Å². The van der Waals surface area contributed by atoms with Crippen LogP contribution in [0.1, 0.15) is 96.8 Å². The third-order valence-electron chi connectivity index (χ3n) is 3.98. The van der Waals surface area contributed by atoms with Crippen molar-refractivity contribution in [3.8, 4) is 0 Å². The maximum absolute atomic E-state index is 11.0. The van der Waals surface area contributed by atoms with Gasteiger partial charge < -0.3 is 9.79 Å². The van der Waals surface area contributed by atoms with Crippen molar-refractivity contribution in [1.82, 2.24) is 0 Å². The van der Waals surface area contributed by atoms with Crippen molar-refractivity contribution in [2.24, 2.45) is 0 Å². The summed E-state index contributed by atoms with van der Waals surface area (Å²) >= 11 is 0. The summed E-state index contributed by atoms with van der Waals surface area (Å²) in [5, 5.41) is 0. The Kier molecular flexibility index (Phi) is 20.5. The van der Waals surface area contributed by atoms with Gasteiger partial charge in [0, 0.05) is 6.42 Å². The minimum atomic E-state index is -4.49. The van der Waals surface area contributed by atoms with Crippen molar-refractivity contribution < 1.29 is 19.1 Å². The molecule has 0 aliphatic carbocycles. The van der Waals surface area contributed by atoms with Gasteiger partial charge >= 0.3 is 37.2 Å². The van der Waals surface area contributed by atoms with Gasteiger partial charge in [0.1, 0.15) is 0 Å². The fourth-order valence-corrected chi connectivity index (χ4v) is 2.94. The van der Waals surface area contributed by atoms with Crippen molar-refractivity contribution in [2.75, 3.05) is 0 Å². The Morgan fingerprint density at radius 3 is 1.67 bits per heavy atom. The number of hydrogen-bond acceptors (Lipinski definition) is 2. The van der Waals surface area contributed by atoms with Gasteiger partial charge in [-0.1, -0.05) is 70.4 Å². The number of carbonyl (C=O) groups is 1. The van der Waals surface area contributed by atoms with Gasteiger partial charge in [-0.15, -0.1) is 0 Å². The van der Waals surface area contributed by atoms with Crippen molar-refractivity contribution in [3.63, 3.8) is 0 Å². The summed E-state index contributed by atoms with van der Waals surface area (Å²) in [6.07, 6.45) is 19.7. The molecule has 0 aliphatic rings. The van der Waals surface area contributed by atoms with Gasteiger partial charge in [-0.2, -0.15) is 0 Å². The Morgan fingerprint density at radius 1 is 0.792 bits per heavy atom. The predicted molar refractivity (Wildman–Crippen MR) is 104 cm³/mol. The molecule has 0 radical (unpaired) electrons. The van der Waals surface area contributed by atoms with Gasteiger partial charge in [0.2, 0.25) is 5.52 Å². The molecule has 0 rings (SSSR count). The van der Waals surface area contributed by atoms with Crippen LogP contribution < -0.4 is 0 Å². The quantitative estimate of drug-likeness (QED) is 0.172. The summed E-state index contributed by atoms with van der Waals surface area (Å²) < 4.78 is 10.6. The van der Waals surface area contributed by atoms with Crippen molar-refractivity contribution in [3.05, 3.63) is 12.2 Å².